The molecule has 0 amide bonds. The van der Waals surface area contributed by atoms with Crippen LogP contribution in [0, 0.1) is 11.8 Å². The zero-order chi connectivity index (χ0) is 9.40. The number of aliphatic carboxylic acids is 2. The summed E-state index contributed by atoms with van der Waals surface area (Å²) in [6.07, 6.45) is 0.601. The second-order valence-electron chi connectivity index (χ2n) is 2.14. The molecule has 12 heavy (non-hydrogen) atoms. The highest BCUT2D eigenvalue weighted by Crippen LogP contribution is 1.88. The summed E-state index contributed by atoms with van der Waals surface area (Å²) < 4.78 is 0. The van der Waals surface area contributed by atoms with Gasteiger partial charge < -0.3 is 10.2 Å². The largest absolute Gasteiger partial charge is 0.481 e. The van der Waals surface area contributed by atoms with Crippen molar-refractivity contribution in [3.63, 3.8) is 0 Å². The van der Waals surface area contributed by atoms with Crippen molar-refractivity contribution in [1.29, 1.82) is 0 Å². The lowest BCUT2D eigenvalue weighted by Gasteiger charge is -1.84. The van der Waals surface area contributed by atoms with Crippen LogP contribution < -0.4 is 0 Å². The van der Waals surface area contributed by atoms with Crippen molar-refractivity contribution in [1.82, 2.24) is 0 Å². The predicted octanol–water partition coefficient (Wildman–Crippen LogP) is 0.719. The second-order valence-corrected chi connectivity index (χ2v) is 2.14. The fourth-order valence-electron chi connectivity index (χ4n) is 0.516. The minimum absolute atomic E-state index is 0.0140. The minimum Gasteiger partial charge on any atom is -0.481 e. The summed E-state index contributed by atoms with van der Waals surface area (Å²) in [7, 11) is 0. The Hall–Kier alpha value is -1.50. The summed E-state index contributed by atoms with van der Waals surface area (Å²) in [5, 5.41) is 16.4. The average Bonchev–Trinajstić information content (AvgIpc) is 1.95. The van der Waals surface area contributed by atoms with E-state index in [2.05, 4.69) is 11.8 Å². The Bertz CT molecular complexity index is 199. The summed E-state index contributed by atoms with van der Waals surface area (Å²) in [4.78, 5) is 20.0. The SMILES string of the molecule is O=C(O)CCC#CCCC(=O)O. The topological polar surface area (TPSA) is 74.6 Å². The summed E-state index contributed by atoms with van der Waals surface area (Å²) in [5.41, 5.74) is 0. The maximum atomic E-state index is 9.98. The summed E-state index contributed by atoms with van der Waals surface area (Å²) in [6.45, 7) is 0. The van der Waals surface area contributed by atoms with Crippen LogP contribution >= 0.6 is 0 Å². The van der Waals surface area contributed by atoms with E-state index in [9.17, 15) is 9.59 Å². The third-order valence-electron chi connectivity index (χ3n) is 1.05. The van der Waals surface area contributed by atoms with Gasteiger partial charge in [-0.3, -0.25) is 9.59 Å². The van der Waals surface area contributed by atoms with E-state index in [4.69, 9.17) is 10.2 Å². The maximum Gasteiger partial charge on any atom is 0.304 e. The molecule has 0 aliphatic heterocycles. The van der Waals surface area contributed by atoms with Gasteiger partial charge in [-0.2, -0.15) is 0 Å². The Labute approximate surface area is 70.2 Å². The molecule has 0 heterocycles. The van der Waals surface area contributed by atoms with E-state index in [0.29, 0.717) is 0 Å². The first-order chi connectivity index (χ1) is 5.63. The van der Waals surface area contributed by atoms with Gasteiger partial charge in [-0.25, -0.2) is 0 Å². The third kappa shape index (κ3) is 8.50. The first kappa shape index (κ1) is 10.5. The molecular formula is C8H10O4. The number of rotatable bonds is 4. The standard InChI is InChI=1S/C8H10O4/c9-7(10)5-3-1-2-4-6-8(11)12/h3-6H2,(H,9,10)(H,11,12). The molecule has 0 aliphatic rings. The molecule has 0 fully saturated rings. The molecule has 0 aromatic rings. The van der Waals surface area contributed by atoms with Gasteiger partial charge in [0, 0.05) is 12.8 Å². The van der Waals surface area contributed by atoms with E-state index >= 15 is 0 Å². The quantitative estimate of drug-likeness (QED) is 0.609. The van der Waals surface area contributed by atoms with Crippen LogP contribution in [0.1, 0.15) is 25.7 Å². The fraction of sp³-hybridized carbons (Fsp3) is 0.500. The van der Waals surface area contributed by atoms with E-state index in [-0.39, 0.29) is 25.7 Å². The molecule has 0 bridgehead atoms. The van der Waals surface area contributed by atoms with Gasteiger partial charge in [0.2, 0.25) is 0 Å². The van der Waals surface area contributed by atoms with Gasteiger partial charge in [-0.05, 0) is 0 Å². The molecule has 2 N–H and O–H groups in total. The van der Waals surface area contributed by atoms with Crippen LogP contribution in [0.25, 0.3) is 0 Å². The van der Waals surface area contributed by atoms with Crippen LogP contribution in [0.3, 0.4) is 0 Å². The summed E-state index contributed by atoms with van der Waals surface area (Å²) in [6, 6.07) is 0. The predicted molar refractivity (Wildman–Crippen MR) is 41.5 cm³/mol. The lowest BCUT2D eigenvalue weighted by molar-refractivity contribution is -0.137. The van der Waals surface area contributed by atoms with Gasteiger partial charge in [0.1, 0.15) is 0 Å². The first-order valence-corrected chi connectivity index (χ1v) is 3.52. The van der Waals surface area contributed by atoms with Crippen LogP contribution in [0.5, 0.6) is 0 Å². The van der Waals surface area contributed by atoms with Crippen molar-refractivity contribution < 1.29 is 19.8 Å². The highest BCUT2D eigenvalue weighted by molar-refractivity contribution is 5.67. The van der Waals surface area contributed by atoms with Crippen LogP contribution in [0.15, 0.2) is 0 Å². The average molecular weight is 170 g/mol. The highest BCUT2D eigenvalue weighted by atomic mass is 16.4. The number of carboxylic acid groups (broad SMARTS) is 2. The zero-order valence-electron chi connectivity index (χ0n) is 6.54. The molecule has 0 aromatic carbocycles. The zero-order valence-corrected chi connectivity index (χ0v) is 6.54. The highest BCUT2D eigenvalue weighted by Gasteiger charge is 1.93. The molecule has 4 nitrogen and oxygen atoms in total. The van der Waals surface area contributed by atoms with Crippen molar-refractivity contribution >= 4 is 11.9 Å². The van der Waals surface area contributed by atoms with Gasteiger partial charge >= 0.3 is 11.9 Å². The first-order valence-electron chi connectivity index (χ1n) is 3.52. The van der Waals surface area contributed by atoms with Crippen molar-refractivity contribution in [3.8, 4) is 11.8 Å². The Kier molecular flexibility index (Phi) is 5.45. The molecule has 66 valence electrons. The molecule has 4 heteroatoms. The van der Waals surface area contributed by atoms with Crippen LogP contribution in [-0.4, -0.2) is 22.2 Å². The van der Waals surface area contributed by atoms with E-state index in [0.717, 1.165) is 0 Å². The minimum atomic E-state index is -0.887. The third-order valence-corrected chi connectivity index (χ3v) is 1.05. The Morgan fingerprint density at radius 3 is 1.50 bits per heavy atom. The number of carboxylic acids is 2. The molecule has 0 saturated carbocycles. The van der Waals surface area contributed by atoms with E-state index in [1.54, 1.807) is 0 Å². The molecule has 0 aliphatic carbocycles. The maximum absolute atomic E-state index is 9.98. The van der Waals surface area contributed by atoms with E-state index < -0.39 is 11.9 Å². The lowest BCUT2D eigenvalue weighted by atomic mass is 10.3. The smallest absolute Gasteiger partial charge is 0.304 e. The molecule has 0 spiro atoms. The van der Waals surface area contributed by atoms with Crippen molar-refractivity contribution in [2.45, 2.75) is 25.7 Å². The van der Waals surface area contributed by atoms with Gasteiger partial charge in [0.05, 0.1) is 12.8 Å². The van der Waals surface area contributed by atoms with Crippen molar-refractivity contribution in [3.05, 3.63) is 0 Å². The summed E-state index contributed by atoms with van der Waals surface area (Å²) >= 11 is 0. The Morgan fingerprint density at radius 1 is 0.917 bits per heavy atom. The molecule has 0 radical (unpaired) electrons. The van der Waals surface area contributed by atoms with Gasteiger partial charge in [0.25, 0.3) is 0 Å². The molecule has 0 aromatic heterocycles. The van der Waals surface area contributed by atoms with E-state index in [1.165, 1.54) is 0 Å². The molecule has 0 rings (SSSR count). The van der Waals surface area contributed by atoms with Crippen molar-refractivity contribution in [2.75, 3.05) is 0 Å². The van der Waals surface area contributed by atoms with Gasteiger partial charge in [0.15, 0.2) is 0 Å². The van der Waals surface area contributed by atoms with E-state index in [1.807, 2.05) is 0 Å². The number of hydrogen-bond acceptors (Lipinski definition) is 2. The fourth-order valence-corrected chi connectivity index (χ4v) is 0.516. The Balaban J connectivity index is 3.35. The van der Waals surface area contributed by atoms with Crippen LogP contribution in [0.2, 0.25) is 0 Å². The van der Waals surface area contributed by atoms with Gasteiger partial charge in [-0.1, -0.05) is 0 Å². The Morgan fingerprint density at radius 2 is 1.25 bits per heavy atom. The monoisotopic (exact) mass is 170 g/mol. The van der Waals surface area contributed by atoms with Crippen LogP contribution in [0.4, 0.5) is 0 Å². The summed E-state index contributed by atoms with van der Waals surface area (Å²) in [5.74, 6) is 3.38. The van der Waals surface area contributed by atoms with Crippen molar-refractivity contribution in [2.24, 2.45) is 0 Å². The number of carbonyl (C=O) groups is 2. The van der Waals surface area contributed by atoms with Crippen LogP contribution in [-0.2, 0) is 9.59 Å². The number of hydrogen-bond donors (Lipinski definition) is 2. The van der Waals surface area contributed by atoms with Gasteiger partial charge in [-0.15, -0.1) is 11.8 Å². The molecule has 0 saturated heterocycles. The molecule has 0 atom stereocenters. The lowest BCUT2D eigenvalue weighted by Crippen LogP contribution is -1.93. The molecule has 0 unspecified atom stereocenters. The normalized spacial score (nSPS) is 8.33. The second kappa shape index (κ2) is 6.23. The molecular weight excluding hydrogens is 160 g/mol.